The minimum absolute atomic E-state index is 0.0434. The zero-order valence-corrected chi connectivity index (χ0v) is 18.3. The molecular formula is C26H19N5O4. The minimum Gasteiger partial charge on any atom is -0.356 e. The molecule has 0 saturated carbocycles. The summed E-state index contributed by atoms with van der Waals surface area (Å²) in [4.78, 5) is 29.4. The van der Waals surface area contributed by atoms with Crippen LogP contribution in [-0.2, 0) is 0 Å². The van der Waals surface area contributed by atoms with Crippen LogP contribution in [0, 0.1) is 20.2 Å². The SMILES string of the molecule is O=[N+]([O-])c1ccc(C=Nc2ccc(Nc3ccc(N=Cc4ccc([N+](=O)[O-])cc4)cc3)cc2)cc1. The van der Waals surface area contributed by atoms with Crippen LogP contribution in [0.5, 0.6) is 0 Å². The minimum atomic E-state index is -0.435. The molecule has 4 aromatic carbocycles. The molecule has 0 aliphatic heterocycles. The van der Waals surface area contributed by atoms with Crippen molar-refractivity contribution in [1.29, 1.82) is 0 Å². The van der Waals surface area contributed by atoms with Crippen molar-refractivity contribution < 1.29 is 9.85 Å². The summed E-state index contributed by atoms with van der Waals surface area (Å²) in [6, 6.07) is 27.5. The molecule has 0 heterocycles. The number of nitrogens with one attached hydrogen (secondary N) is 1. The molecule has 0 fully saturated rings. The summed E-state index contributed by atoms with van der Waals surface area (Å²) in [6.45, 7) is 0. The largest absolute Gasteiger partial charge is 0.356 e. The lowest BCUT2D eigenvalue weighted by Crippen LogP contribution is -1.89. The molecular weight excluding hydrogens is 446 g/mol. The van der Waals surface area contributed by atoms with Crippen LogP contribution in [0.15, 0.2) is 107 Å². The first-order valence-corrected chi connectivity index (χ1v) is 10.5. The second-order valence-corrected chi connectivity index (χ2v) is 7.43. The Bertz CT molecular complexity index is 1270. The third-order valence-electron chi connectivity index (χ3n) is 4.96. The van der Waals surface area contributed by atoms with Crippen LogP contribution >= 0.6 is 0 Å². The normalized spacial score (nSPS) is 11.1. The zero-order valence-electron chi connectivity index (χ0n) is 18.3. The number of aliphatic imine (C=N–C) groups is 2. The van der Waals surface area contributed by atoms with Crippen LogP contribution in [0.2, 0.25) is 0 Å². The van der Waals surface area contributed by atoms with Gasteiger partial charge in [-0.15, -0.1) is 0 Å². The van der Waals surface area contributed by atoms with Crippen molar-refractivity contribution in [3.05, 3.63) is 128 Å². The molecule has 1 N–H and O–H groups in total. The molecule has 0 aliphatic carbocycles. The van der Waals surface area contributed by atoms with Crippen LogP contribution in [0.4, 0.5) is 34.1 Å². The lowest BCUT2D eigenvalue weighted by atomic mass is 10.2. The molecule has 0 aromatic heterocycles. The summed E-state index contributed by atoms with van der Waals surface area (Å²) < 4.78 is 0. The molecule has 0 saturated heterocycles. The number of nitro benzene ring substituents is 2. The smallest absolute Gasteiger partial charge is 0.269 e. The highest BCUT2D eigenvalue weighted by atomic mass is 16.6. The molecule has 35 heavy (non-hydrogen) atoms. The predicted octanol–water partition coefficient (Wildman–Crippen LogP) is 6.75. The second-order valence-electron chi connectivity index (χ2n) is 7.43. The van der Waals surface area contributed by atoms with E-state index in [0.29, 0.717) is 0 Å². The van der Waals surface area contributed by atoms with Crippen molar-refractivity contribution in [1.82, 2.24) is 0 Å². The zero-order chi connectivity index (χ0) is 24.6. The van der Waals surface area contributed by atoms with Gasteiger partial charge in [-0.25, -0.2) is 0 Å². The molecule has 0 radical (unpaired) electrons. The van der Waals surface area contributed by atoms with E-state index in [9.17, 15) is 20.2 Å². The summed E-state index contributed by atoms with van der Waals surface area (Å²) in [5.74, 6) is 0. The van der Waals surface area contributed by atoms with E-state index in [1.165, 1.54) is 24.3 Å². The Hall–Kier alpha value is -5.18. The van der Waals surface area contributed by atoms with Crippen molar-refractivity contribution in [2.24, 2.45) is 9.98 Å². The van der Waals surface area contributed by atoms with Crippen molar-refractivity contribution >= 4 is 46.6 Å². The van der Waals surface area contributed by atoms with E-state index in [4.69, 9.17) is 0 Å². The lowest BCUT2D eigenvalue weighted by molar-refractivity contribution is -0.385. The third kappa shape index (κ3) is 6.42. The fraction of sp³-hybridized carbons (Fsp3) is 0. The van der Waals surface area contributed by atoms with Gasteiger partial charge < -0.3 is 5.32 Å². The van der Waals surface area contributed by atoms with Crippen molar-refractivity contribution in [2.75, 3.05) is 5.32 Å². The Labute approximate surface area is 200 Å². The molecule has 0 amide bonds. The number of benzene rings is 4. The average molecular weight is 465 g/mol. The molecule has 4 rings (SSSR count). The van der Waals surface area contributed by atoms with Crippen LogP contribution in [0.3, 0.4) is 0 Å². The standard InChI is InChI=1S/C26H19N5O4/c32-30(33)25-13-1-19(2-14-25)17-27-21-5-9-23(10-6-21)29-24-11-7-22(8-12-24)28-18-20-3-15-26(16-4-20)31(34)35/h1-18,29H. The summed E-state index contributed by atoms with van der Waals surface area (Å²) >= 11 is 0. The van der Waals surface area contributed by atoms with E-state index in [0.717, 1.165) is 33.9 Å². The molecule has 172 valence electrons. The van der Waals surface area contributed by atoms with E-state index in [-0.39, 0.29) is 11.4 Å². The van der Waals surface area contributed by atoms with Crippen LogP contribution < -0.4 is 5.32 Å². The first-order valence-electron chi connectivity index (χ1n) is 10.5. The van der Waals surface area contributed by atoms with E-state index in [2.05, 4.69) is 15.3 Å². The van der Waals surface area contributed by atoms with Crippen molar-refractivity contribution in [3.8, 4) is 0 Å². The van der Waals surface area contributed by atoms with Gasteiger partial charge in [-0.1, -0.05) is 0 Å². The number of nitro groups is 2. The molecule has 9 heteroatoms. The van der Waals surface area contributed by atoms with Crippen LogP contribution in [-0.4, -0.2) is 22.3 Å². The van der Waals surface area contributed by atoms with E-state index < -0.39 is 9.85 Å². The van der Waals surface area contributed by atoms with Crippen molar-refractivity contribution in [2.45, 2.75) is 0 Å². The first kappa shape index (κ1) is 23.0. The Kier molecular flexibility index (Phi) is 6.98. The van der Waals surface area contributed by atoms with E-state index in [1.54, 1.807) is 36.7 Å². The highest BCUT2D eigenvalue weighted by Crippen LogP contribution is 2.23. The van der Waals surface area contributed by atoms with E-state index >= 15 is 0 Å². The van der Waals surface area contributed by atoms with Gasteiger partial charge in [-0.05, 0) is 83.9 Å². The second kappa shape index (κ2) is 10.6. The fourth-order valence-electron chi connectivity index (χ4n) is 3.09. The van der Waals surface area contributed by atoms with Gasteiger partial charge in [-0.2, -0.15) is 0 Å². The van der Waals surface area contributed by atoms with Gasteiger partial charge in [0.2, 0.25) is 0 Å². The van der Waals surface area contributed by atoms with Gasteiger partial charge in [0.1, 0.15) is 0 Å². The summed E-state index contributed by atoms with van der Waals surface area (Å²) in [5.41, 5.74) is 4.92. The quantitative estimate of drug-likeness (QED) is 0.175. The number of hydrogen-bond donors (Lipinski definition) is 1. The number of nitrogens with zero attached hydrogens (tertiary/aromatic N) is 4. The molecule has 0 unspecified atom stereocenters. The predicted molar refractivity (Wildman–Crippen MR) is 137 cm³/mol. The average Bonchev–Trinajstić information content (AvgIpc) is 2.88. The molecule has 0 spiro atoms. The maximum Gasteiger partial charge on any atom is 0.269 e. The summed E-state index contributed by atoms with van der Waals surface area (Å²) in [5, 5.41) is 24.8. The molecule has 0 bridgehead atoms. The number of anilines is 2. The Morgan fingerprint density at radius 2 is 0.886 bits per heavy atom. The van der Waals surface area contributed by atoms with Crippen LogP contribution in [0.1, 0.15) is 11.1 Å². The lowest BCUT2D eigenvalue weighted by Gasteiger charge is -2.07. The van der Waals surface area contributed by atoms with Crippen molar-refractivity contribution in [3.63, 3.8) is 0 Å². The number of hydrogen-bond acceptors (Lipinski definition) is 7. The summed E-state index contributed by atoms with van der Waals surface area (Å²) in [6.07, 6.45) is 3.31. The number of rotatable bonds is 8. The Morgan fingerprint density at radius 1 is 0.543 bits per heavy atom. The van der Waals surface area contributed by atoms with Gasteiger partial charge in [0.15, 0.2) is 0 Å². The van der Waals surface area contributed by atoms with Gasteiger partial charge in [0.05, 0.1) is 21.2 Å². The van der Waals surface area contributed by atoms with Gasteiger partial charge in [-0.3, -0.25) is 30.2 Å². The fourth-order valence-corrected chi connectivity index (χ4v) is 3.09. The maximum absolute atomic E-state index is 10.7. The molecule has 0 aliphatic rings. The van der Waals surface area contributed by atoms with Crippen LogP contribution in [0.25, 0.3) is 0 Å². The van der Waals surface area contributed by atoms with Gasteiger partial charge in [0, 0.05) is 48.1 Å². The Balaban J connectivity index is 1.33. The van der Waals surface area contributed by atoms with Gasteiger partial charge >= 0.3 is 0 Å². The molecule has 4 aromatic rings. The molecule has 0 atom stereocenters. The first-order chi connectivity index (χ1) is 17.0. The highest BCUT2D eigenvalue weighted by Gasteiger charge is 2.03. The Morgan fingerprint density at radius 3 is 1.20 bits per heavy atom. The monoisotopic (exact) mass is 465 g/mol. The topological polar surface area (TPSA) is 123 Å². The molecule has 9 nitrogen and oxygen atoms in total. The van der Waals surface area contributed by atoms with Gasteiger partial charge in [0.25, 0.3) is 11.4 Å². The van der Waals surface area contributed by atoms with E-state index in [1.807, 2.05) is 48.5 Å². The third-order valence-corrected chi connectivity index (χ3v) is 4.96. The number of non-ortho nitro benzene ring substituents is 2. The maximum atomic E-state index is 10.7. The highest BCUT2D eigenvalue weighted by molar-refractivity contribution is 5.83. The summed E-state index contributed by atoms with van der Waals surface area (Å²) in [7, 11) is 0.